The third-order valence-electron chi connectivity index (χ3n) is 5.09. The van der Waals surface area contributed by atoms with Gasteiger partial charge >= 0.3 is 7.12 Å². The summed E-state index contributed by atoms with van der Waals surface area (Å²) >= 11 is 0. The maximum atomic E-state index is 6.16. The molecule has 0 spiro atoms. The topological polar surface area (TPSA) is 30.9 Å². The summed E-state index contributed by atoms with van der Waals surface area (Å²) in [5.74, 6) is 0.880. The van der Waals surface area contributed by atoms with Crippen LogP contribution in [0.1, 0.15) is 33.3 Å². The molecule has 4 nitrogen and oxygen atoms in total. The predicted molar refractivity (Wildman–Crippen MR) is 96.7 cm³/mol. The van der Waals surface area contributed by atoms with E-state index in [1.165, 1.54) is 5.56 Å². The van der Waals surface area contributed by atoms with Crippen LogP contribution in [0.15, 0.2) is 48.1 Å². The fourth-order valence-electron chi connectivity index (χ4n) is 2.85. The van der Waals surface area contributed by atoms with E-state index in [1.54, 1.807) is 7.11 Å². The molecule has 0 saturated carbocycles. The second kappa shape index (κ2) is 6.30. The summed E-state index contributed by atoms with van der Waals surface area (Å²) in [6.45, 7) is 9.99. The Bertz CT molecular complexity index is 633. The van der Waals surface area contributed by atoms with E-state index in [9.17, 15) is 0 Å². The highest BCUT2D eigenvalue weighted by Gasteiger charge is 2.52. The van der Waals surface area contributed by atoms with Crippen LogP contribution in [0.5, 0.6) is 5.75 Å². The molecule has 1 aromatic rings. The normalized spacial score (nSPS) is 21.8. The van der Waals surface area contributed by atoms with Gasteiger partial charge in [0.1, 0.15) is 5.75 Å². The summed E-state index contributed by atoms with van der Waals surface area (Å²) in [5.41, 5.74) is 1.79. The summed E-state index contributed by atoms with van der Waals surface area (Å²) in [4.78, 5) is 2.27. The van der Waals surface area contributed by atoms with Gasteiger partial charge in [0.15, 0.2) is 0 Å². The Morgan fingerprint density at radius 2 is 1.71 bits per heavy atom. The molecule has 0 unspecified atom stereocenters. The van der Waals surface area contributed by atoms with E-state index in [4.69, 9.17) is 14.0 Å². The zero-order valence-corrected chi connectivity index (χ0v) is 15.2. The minimum atomic E-state index is -0.305. The first-order chi connectivity index (χ1) is 11.3. The van der Waals surface area contributed by atoms with E-state index >= 15 is 0 Å². The molecule has 2 aliphatic rings. The third kappa shape index (κ3) is 3.37. The molecule has 1 aromatic carbocycles. The molecule has 0 atom stereocenters. The van der Waals surface area contributed by atoms with Crippen LogP contribution in [0.25, 0.3) is 0 Å². The van der Waals surface area contributed by atoms with Gasteiger partial charge in [-0.25, -0.2) is 0 Å². The Kier molecular flexibility index (Phi) is 4.49. The van der Waals surface area contributed by atoms with Crippen LogP contribution in [0, 0.1) is 0 Å². The molecule has 0 amide bonds. The second-order valence-corrected chi connectivity index (χ2v) is 7.42. The van der Waals surface area contributed by atoms with Gasteiger partial charge in [-0.05, 0) is 63.1 Å². The number of ether oxygens (including phenoxy) is 1. The Hall–Kier alpha value is -1.72. The van der Waals surface area contributed by atoms with Crippen molar-refractivity contribution in [2.75, 3.05) is 13.7 Å². The molecule has 0 bridgehead atoms. The minimum Gasteiger partial charge on any atom is -0.497 e. The summed E-state index contributed by atoms with van der Waals surface area (Å²) in [5, 5.41) is 0. The van der Waals surface area contributed by atoms with Crippen molar-refractivity contribution < 1.29 is 14.0 Å². The molecule has 2 aliphatic heterocycles. The summed E-state index contributed by atoms with van der Waals surface area (Å²) in [6.07, 6.45) is 6.28. The van der Waals surface area contributed by atoms with Crippen molar-refractivity contribution in [1.29, 1.82) is 0 Å². The highest BCUT2D eigenvalue weighted by molar-refractivity contribution is 6.54. The van der Waals surface area contributed by atoms with Gasteiger partial charge in [-0.3, -0.25) is 0 Å². The molecule has 24 heavy (non-hydrogen) atoms. The van der Waals surface area contributed by atoms with Crippen LogP contribution in [0.2, 0.25) is 0 Å². The first-order valence-electron chi connectivity index (χ1n) is 8.41. The zero-order valence-electron chi connectivity index (χ0n) is 15.2. The van der Waals surface area contributed by atoms with Crippen molar-refractivity contribution in [2.24, 2.45) is 0 Å². The zero-order chi connectivity index (χ0) is 17.4. The van der Waals surface area contributed by atoms with E-state index in [0.29, 0.717) is 0 Å². The van der Waals surface area contributed by atoms with Gasteiger partial charge < -0.3 is 18.9 Å². The molecule has 0 radical (unpaired) electrons. The van der Waals surface area contributed by atoms with Crippen LogP contribution >= 0.6 is 0 Å². The Labute approximate surface area is 145 Å². The quantitative estimate of drug-likeness (QED) is 0.791. The number of nitrogens with zero attached hydrogens (tertiary/aromatic N) is 1. The maximum absolute atomic E-state index is 6.16. The standard InChI is InChI=1S/C19H26BNO3/c1-18(2)19(3,4)24-20(23-18)16-7-6-12-21(14-16)13-15-8-10-17(22-5)11-9-15/h6-12H,13-14H2,1-5H3. The molecule has 0 N–H and O–H groups in total. The van der Waals surface area contributed by atoms with Crippen molar-refractivity contribution in [3.63, 3.8) is 0 Å². The lowest BCUT2D eigenvalue weighted by atomic mass is 9.76. The average molecular weight is 327 g/mol. The van der Waals surface area contributed by atoms with Crippen LogP contribution in [-0.2, 0) is 15.9 Å². The molecule has 128 valence electrons. The van der Waals surface area contributed by atoms with E-state index in [2.05, 4.69) is 63.1 Å². The minimum absolute atomic E-state index is 0.279. The van der Waals surface area contributed by atoms with Gasteiger partial charge in [-0.15, -0.1) is 0 Å². The number of benzene rings is 1. The van der Waals surface area contributed by atoms with E-state index in [1.807, 2.05) is 12.1 Å². The fourth-order valence-corrected chi connectivity index (χ4v) is 2.85. The first kappa shape index (κ1) is 17.1. The summed E-state index contributed by atoms with van der Waals surface area (Å²) in [7, 11) is 1.41. The van der Waals surface area contributed by atoms with Crippen molar-refractivity contribution in [2.45, 2.75) is 45.4 Å². The highest BCUT2D eigenvalue weighted by Crippen LogP contribution is 2.39. The average Bonchev–Trinajstić information content (AvgIpc) is 2.76. The van der Waals surface area contributed by atoms with Gasteiger partial charge in [0.25, 0.3) is 0 Å². The Morgan fingerprint density at radius 3 is 2.29 bits per heavy atom. The van der Waals surface area contributed by atoms with Crippen LogP contribution in [-0.4, -0.2) is 36.9 Å². The molecule has 1 fully saturated rings. The number of rotatable bonds is 4. The van der Waals surface area contributed by atoms with Crippen LogP contribution in [0.4, 0.5) is 0 Å². The smallest absolute Gasteiger partial charge is 0.492 e. The highest BCUT2D eigenvalue weighted by atomic mass is 16.7. The molecular weight excluding hydrogens is 301 g/mol. The lowest BCUT2D eigenvalue weighted by Gasteiger charge is -2.32. The molecule has 0 aliphatic carbocycles. The van der Waals surface area contributed by atoms with Crippen LogP contribution in [0.3, 0.4) is 0 Å². The molecule has 0 aromatic heterocycles. The van der Waals surface area contributed by atoms with Crippen LogP contribution < -0.4 is 4.74 Å². The third-order valence-corrected chi connectivity index (χ3v) is 5.09. The molecular formula is C19H26BNO3. The van der Waals surface area contributed by atoms with E-state index < -0.39 is 0 Å². The number of hydrogen-bond donors (Lipinski definition) is 0. The lowest BCUT2D eigenvalue weighted by molar-refractivity contribution is 0.00578. The monoisotopic (exact) mass is 327 g/mol. The van der Waals surface area contributed by atoms with Gasteiger partial charge in [-0.2, -0.15) is 0 Å². The van der Waals surface area contributed by atoms with Gasteiger partial charge in [0.2, 0.25) is 0 Å². The molecule has 1 saturated heterocycles. The van der Waals surface area contributed by atoms with Gasteiger partial charge in [-0.1, -0.05) is 18.2 Å². The first-order valence-corrected chi connectivity index (χ1v) is 8.41. The molecule has 2 heterocycles. The Morgan fingerprint density at radius 1 is 1.08 bits per heavy atom. The van der Waals surface area contributed by atoms with Crippen molar-refractivity contribution in [3.05, 3.63) is 53.7 Å². The van der Waals surface area contributed by atoms with Gasteiger partial charge in [0, 0.05) is 13.1 Å². The van der Waals surface area contributed by atoms with Crippen molar-refractivity contribution in [3.8, 4) is 5.75 Å². The van der Waals surface area contributed by atoms with E-state index in [0.717, 1.165) is 24.3 Å². The molecule has 3 rings (SSSR count). The fraction of sp³-hybridized carbons (Fsp3) is 0.474. The predicted octanol–water partition coefficient (Wildman–Crippen LogP) is 3.58. The lowest BCUT2D eigenvalue weighted by Crippen LogP contribution is -2.41. The van der Waals surface area contributed by atoms with E-state index in [-0.39, 0.29) is 18.3 Å². The van der Waals surface area contributed by atoms with Gasteiger partial charge in [0.05, 0.1) is 18.3 Å². The summed E-state index contributed by atoms with van der Waals surface area (Å²) in [6, 6.07) is 8.18. The van der Waals surface area contributed by atoms with Crippen molar-refractivity contribution >= 4 is 7.12 Å². The maximum Gasteiger partial charge on any atom is 0.492 e. The number of allylic oxidation sites excluding steroid dienone is 2. The van der Waals surface area contributed by atoms with Crippen molar-refractivity contribution in [1.82, 2.24) is 4.90 Å². The number of methoxy groups -OCH3 is 1. The SMILES string of the molecule is COc1ccc(CN2C=CC=C(B3OC(C)(C)C(C)(C)O3)C2)cc1. The molecule has 5 heteroatoms. The second-order valence-electron chi connectivity index (χ2n) is 7.42. The Balaban J connectivity index is 1.65. The largest absolute Gasteiger partial charge is 0.497 e. The summed E-state index contributed by atoms with van der Waals surface area (Å²) < 4.78 is 17.5. The number of hydrogen-bond acceptors (Lipinski definition) is 4.